The smallest absolute Gasteiger partial charge is 0.127 e. The first-order valence-electron chi connectivity index (χ1n) is 4.21. The highest BCUT2D eigenvalue weighted by Crippen LogP contribution is 2.22. The second-order valence-corrected chi connectivity index (χ2v) is 3.63. The first-order chi connectivity index (χ1) is 6.66. The van der Waals surface area contributed by atoms with Crippen molar-refractivity contribution in [3.8, 4) is 11.8 Å². The second-order valence-electron chi connectivity index (χ2n) is 2.81. The van der Waals surface area contributed by atoms with Crippen LogP contribution in [0.1, 0.15) is 17.5 Å². The molecule has 74 valence electrons. The molecule has 0 unspecified atom stereocenters. The Labute approximate surface area is 93.9 Å². The van der Waals surface area contributed by atoms with Gasteiger partial charge in [-0.15, -0.1) is 0 Å². The predicted octanol–water partition coefficient (Wildman–Crippen LogP) is 3.46. The van der Waals surface area contributed by atoms with E-state index in [1.54, 1.807) is 13.0 Å². The minimum atomic E-state index is -0.297. The fraction of sp³-hybridized carbons (Fsp3) is 0.273. The van der Waals surface area contributed by atoms with Gasteiger partial charge in [-0.1, -0.05) is 23.4 Å². The van der Waals surface area contributed by atoms with Crippen molar-refractivity contribution in [1.29, 1.82) is 0 Å². The Kier molecular flexibility index (Phi) is 4.31. The van der Waals surface area contributed by atoms with Gasteiger partial charge in [0.05, 0.1) is 5.02 Å². The van der Waals surface area contributed by atoms with Crippen molar-refractivity contribution < 1.29 is 4.39 Å². The van der Waals surface area contributed by atoms with Crippen LogP contribution in [0.3, 0.4) is 0 Å². The Morgan fingerprint density at radius 1 is 1.50 bits per heavy atom. The van der Waals surface area contributed by atoms with Crippen molar-refractivity contribution in [3.05, 3.63) is 34.1 Å². The van der Waals surface area contributed by atoms with Gasteiger partial charge < -0.3 is 0 Å². The number of benzene rings is 1. The average Bonchev–Trinajstić information content (AvgIpc) is 2.18. The third-order valence-electron chi connectivity index (χ3n) is 1.78. The number of hydrogen-bond donors (Lipinski definition) is 1. The van der Waals surface area contributed by atoms with E-state index in [9.17, 15) is 4.39 Å². The molecule has 0 radical (unpaired) electrons. The lowest BCUT2D eigenvalue weighted by Crippen LogP contribution is -1.87. The Bertz CT molecular complexity index is 390. The number of thiol groups is 1. The van der Waals surface area contributed by atoms with Crippen LogP contribution in [-0.2, 0) is 0 Å². The standard InChI is InChI=1S/C11H10ClFS/c1-8-10(13)6-5-9(11(8)12)4-2-3-7-14/h5-6,14H,3,7H2,1H3. The van der Waals surface area contributed by atoms with E-state index < -0.39 is 0 Å². The molecule has 3 heteroatoms. The molecule has 0 fully saturated rings. The molecule has 0 spiro atoms. The zero-order chi connectivity index (χ0) is 10.6. The molecule has 0 N–H and O–H groups in total. The molecule has 1 aromatic carbocycles. The first-order valence-corrected chi connectivity index (χ1v) is 5.22. The molecule has 0 amide bonds. The molecule has 14 heavy (non-hydrogen) atoms. The summed E-state index contributed by atoms with van der Waals surface area (Å²) in [5.74, 6) is 6.21. The molecule has 0 saturated carbocycles. The lowest BCUT2D eigenvalue weighted by Gasteiger charge is -2.01. The third-order valence-corrected chi connectivity index (χ3v) is 2.49. The lowest BCUT2D eigenvalue weighted by molar-refractivity contribution is 0.618. The lowest BCUT2D eigenvalue weighted by atomic mass is 10.1. The fourth-order valence-corrected chi connectivity index (χ4v) is 1.28. The molecule has 0 aliphatic rings. The molecule has 0 bridgehead atoms. The van der Waals surface area contributed by atoms with Crippen LogP contribution in [0.15, 0.2) is 12.1 Å². The van der Waals surface area contributed by atoms with E-state index in [2.05, 4.69) is 24.5 Å². The Balaban J connectivity index is 3.02. The zero-order valence-corrected chi connectivity index (χ0v) is 9.42. The van der Waals surface area contributed by atoms with Gasteiger partial charge in [-0.3, -0.25) is 0 Å². The van der Waals surface area contributed by atoms with Gasteiger partial charge in [-0.25, -0.2) is 4.39 Å². The zero-order valence-electron chi connectivity index (χ0n) is 7.77. The van der Waals surface area contributed by atoms with E-state index in [1.165, 1.54) is 6.07 Å². The summed E-state index contributed by atoms with van der Waals surface area (Å²) in [6.45, 7) is 1.64. The molecule has 0 heterocycles. The normalized spacial score (nSPS) is 9.43. The summed E-state index contributed by atoms with van der Waals surface area (Å²) in [6.07, 6.45) is 0.704. The third kappa shape index (κ3) is 2.67. The summed E-state index contributed by atoms with van der Waals surface area (Å²) in [5, 5.41) is 0.400. The molecule has 0 aliphatic carbocycles. The molecule has 0 nitrogen and oxygen atoms in total. The van der Waals surface area contributed by atoms with Crippen molar-refractivity contribution in [3.63, 3.8) is 0 Å². The average molecular weight is 229 g/mol. The van der Waals surface area contributed by atoms with Crippen LogP contribution in [0, 0.1) is 24.6 Å². The van der Waals surface area contributed by atoms with Crippen molar-refractivity contribution >= 4 is 24.2 Å². The van der Waals surface area contributed by atoms with Crippen molar-refractivity contribution in [2.24, 2.45) is 0 Å². The maximum Gasteiger partial charge on any atom is 0.127 e. The summed E-state index contributed by atoms with van der Waals surface area (Å²) in [7, 11) is 0. The van der Waals surface area contributed by atoms with E-state index in [0.717, 1.165) is 0 Å². The monoisotopic (exact) mass is 228 g/mol. The molecular formula is C11H10ClFS. The van der Waals surface area contributed by atoms with E-state index in [4.69, 9.17) is 11.6 Å². The Hall–Kier alpha value is -0.650. The minimum absolute atomic E-state index is 0.297. The van der Waals surface area contributed by atoms with Crippen molar-refractivity contribution in [2.45, 2.75) is 13.3 Å². The summed E-state index contributed by atoms with van der Waals surface area (Å²) < 4.78 is 13.0. The topological polar surface area (TPSA) is 0 Å². The Morgan fingerprint density at radius 2 is 2.21 bits per heavy atom. The van der Waals surface area contributed by atoms with E-state index in [0.29, 0.717) is 28.3 Å². The van der Waals surface area contributed by atoms with Gasteiger partial charge in [-0.2, -0.15) is 12.6 Å². The highest BCUT2D eigenvalue weighted by molar-refractivity contribution is 7.80. The highest BCUT2D eigenvalue weighted by atomic mass is 35.5. The number of rotatable bonds is 1. The molecule has 0 saturated heterocycles. The number of hydrogen-bond acceptors (Lipinski definition) is 1. The van der Waals surface area contributed by atoms with Gasteiger partial charge in [-0.05, 0) is 19.1 Å². The van der Waals surface area contributed by atoms with Crippen LogP contribution in [0.25, 0.3) is 0 Å². The molecule has 0 aliphatic heterocycles. The molecule has 0 aromatic heterocycles. The van der Waals surface area contributed by atoms with E-state index in [-0.39, 0.29) is 5.82 Å². The van der Waals surface area contributed by atoms with E-state index >= 15 is 0 Å². The minimum Gasteiger partial charge on any atom is -0.207 e. The SMILES string of the molecule is Cc1c(F)ccc(C#CCCS)c1Cl. The molecule has 0 atom stereocenters. The van der Waals surface area contributed by atoms with Crippen LogP contribution in [0.4, 0.5) is 4.39 Å². The van der Waals surface area contributed by atoms with E-state index in [1.807, 2.05) is 0 Å². The van der Waals surface area contributed by atoms with Gasteiger partial charge in [0.2, 0.25) is 0 Å². The van der Waals surface area contributed by atoms with Gasteiger partial charge in [0.25, 0.3) is 0 Å². The summed E-state index contributed by atoms with van der Waals surface area (Å²) in [4.78, 5) is 0. The van der Waals surface area contributed by atoms with Crippen molar-refractivity contribution in [1.82, 2.24) is 0 Å². The van der Waals surface area contributed by atoms with Crippen LogP contribution >= 0.6 is 24.2 Å². The Morgan fingerprint density at radius 3 is 2.86 bits per heavy atom. The predicted molar refractivity (Wildman–Crippen MR) is 61.5 cm³/mol. The fourth-order valence-electron chi connectivity index (χ4n) is 0.972. The molecular weight excluding hydrogens is 219 g/mol. The first kappa shape index (κ1) is 11.4. The summed E-state index contributed by atoms with van der Waals surface area (Å²) in [5.41, 5.74) is 1.12. The number of halogens is 2. The van der Waals surface area contributed by atoms with Crippen LogP contribution in [0.2, 0.25) is 5.02 Å². The van der Waals surface area contributed by atoms with Crippen LogP contribution in [0.5, 0.6) is 0 Å². The highest BCUT2D eigenvalue weighted by Gasteiger charge is 2.05. The van der Waals surface area contributed by atoms with Crippen molar-refractivity contribution in [2.75, 3.05) is 5.75 Å². The largest absolute Gasteiger partial charge is 0.207 e. The van der Waals surface area contributed by atoms with Crippen LogP contribution in [-0.4, -0.2) is 5.75 Å². The van der Waals surface area contributed by atoms with Gasteiger partial charge >= 0.3 is 0 Å². The second kappa shape index (κ2) is 5.29. The van der Waals surface area contributed by atoms with Gasteiger partial charge in [0.1, 0.15) is 5.82 Å². The maximum atomic E-state index is 13.0. The molecule has 1 aromatic rings. The van der Waals surface area contributed by atoms with Gasteiger partial charge in [0, 0.05) is 23.3 Å². The summed E-state index contributed by atoms with van der Waals surface area (Å²) >= 11 is 9.95. The summed E-state index contributed by atoms with van der Waals surface area (Å²) in [6, 6.07) is 2.97. The molecule has 1 rings (SSSR count). The maximum absolute atomic E-state index is 13.0. The van der Waals surface area contributed by atoms with Gasteiger partial charge in [0.15, 0.2) is 0 Å². The van der Waals surface area contributed by atoms with Crippen LogP contribution < -0.4 is 0 Å². The quantitative estimate of drug-likeness (QED) is 0.552.